The Hall–Kier alpha value is -2.50. The summed E-state index contributed by atoms with van der Waals surface area (Å²) < 4.78 is 1.56. The van der Waals surface area contributed by atoms with Crippen molar-refractivity contribution in [1.29, 1.82) is 0 Å². The van der Waals surface area contributed by atoms with Crippen LogP contribution in [0.4, 0.5) is 17.1 Å². The number of aromatic nitrogens is 2. The number of likely N-dealkylation sites (N-methyl/N-ethyl adjacent to an activating group) is 1. The van der Waals surface area contributed by atoms with E-state index in [2.05, 4.69) is 10.00 Å². The van der Waals surface area contributed by atoms with E-state index in [0.717, 1.165) is 17.9 Å². The quantitative estimate of drug-likeness (QED) is 0.843. The van der Waals surface area contributed by atoms with Gasteiger partial charge in [-0.15, -0.1) is 0 Å². The third-order valence-corrected chi connectivity index (χ3v) is 3.55. The lowest BCUT2D eigenvalue weighted by atomic mass is 10.1. The molecule has 1 aromatic heterocycles. The molecule has 1 aliphatic heterocycles. The summed E-state index contributed by atoms with van der Waals surface area (Å²) in [6.45, 7) is 1.41. The van der Waals surface area contributed by atoms with Gasteiger partial charge in [0.1, 0.15) is 0 Å². The molecule has 0 radical (unpaired) electrons. The number of carbonyl (C=O) groups excluding carboxylic acids is 1. The second kappa shape index (κ2) is 4.56. The Morgan fingerprint density at radius 3 is 2.55 bits per heavy atom. The summed E-state index contributed by atoms with van der Waals surface area (Å²) in [5.74, 6) is -0.149. The maximum absolute atomic E-state index is 12.7. The molecule has 0 spiro atoms. The summed E-state index contributed by atoms with van der Waals surface area (Å²) in [7, 11) is 3.78. The first-order chi connectivity index (χ1) is 9.58. The zero-order valence-corrected chi connectivity index (χ0v) is 11.6. The van der Waals surface area contributed by atoms with Crippen LogP contribution in [0.15, 0.2) is 30.5 Å². The topological polar surface area (TPSA) is 67.4 Å². The van der Waals surface area contributed by atoms with Crippen molar-refractivity contribution in [3.8, 4) is 0 Å². The molecule has 6 heteroatoms. The Morgan fingerprint density at radius 1 is 1.20 bits per heavy atom. The molecule has 20 heavy (non-hydrogen) atoms. The minimum absolute atomic E-state index is 0.149. The molecule has 0 fully saturated rings. The van der Waals surface area contributed by atoms with Crippen LogP contribution in [-0.2, 0) is 7.05 Å². The molecule has 0 saturated carbocycles. The van der Waals surface area contributed by atoms with Gasteiger partial charge in [0.2, 0.25) is 0 Å². The standard InChI is InChI=1S/C14H17N5O/c1-17-7-8-19(12-6-4-3-5-11(12)17)14(20)13-10(15)9-18(2)16-13/h3-6,9H,7-8,15H2,1-2H3. The summed E-state index contributed by atoms with van der Waals surface area (Å²) in [6, 6.07) is 7.86. The minimum Gasteiger partial charge on any atom is -0.396 e. The lowest BCUT2D eigenvalue weighted by Crippen LogP contribution is -2.43. The van der Waals surface area contributed by atoms with Crippen molar-refractivity contribution in [1.82, 2.24) is 9.78 Å². The number of para-hydroxylation sites is 2. The van der Waals surface area contributed by atoms with E-state index in [-0.39, 0.29) is 5.91 Å². The van der Waals surface area contributed by atoms with Crippen molar-refractivity contribution in [2.45, 2.75) is 0 Å². The largest absolute Gasteiger partial charge is 0.396 e. The van der Waals surface area contributed by atoms with Gasteiger partial charge in [-0.1, -0.05) is 12.1 Å². The van der Waals surface area contributed by atoms with Gasteiger partial charge in [0.25, 0.3) is 5.91 Å². The van der Waals surface area contributed by atoms with Gasteiger partial charge in [0.15, 0.2) is 5.69 Å². The van der Waals surface area contributed by atoms with E-state index in [9.17, 15) is 4.79 Å². The fraction of sp³-hybridized carbons (Fsp3) is 0.286. The van der Waals surface area contributed by atoms with Gasteiger partial charge < -0.3 is 15.5 Å². The van der Waals surface area contributed by atoms with Crippen molar-refractivity contribution in [2.24, 2.45) is 7.05 Å². The molecule has 0 atom stereocenters. The predicted octanol–water partition coefficient (Wildman–Crippen LogP) is 1.10. The zero-order chi connectivity index (χ0) is 14.3. The Bertz CT molecular complexity index is 663. The Kier molecular flexibility index (Phi) is 2.85. The van der Waals surface area contributed by atoms with Crippen molar-refractivity contribution >= 4 is 23.0 Å². The summed E-state index contributed by atoms with van der Waals surface area (Å²) in [6.07, 6.45) is 1.65. The molecular formula is C14H17N5O. The summed E-state index contributed by atoms with van der Waals surface area (Å²) in [5.41, 5.74) is 8.52. The van der Waals surface area contributed by atoms with E-state index >= 15 is 0 Å². The van der Waals surface area contributed by atoms with Crippen molar-refractivity contribution < 1.29 is 4.79 Å². The highest BCUT2D eigenvalue weighted by Gasteiger charge is 2.28. The number of carbonyl (C=O) groups is 1. The van der Waals surface area contributed by atoms with Crippen LogP contribution in [0.1, 0.15) is 10.5 Å². The Morgan fingerprint density at radius 2 is 1.90 bits per heavy atom. The predicted molar refractivity (Wildman–Crippen MR) is 79.0 cm³/mol. The lowest BCUT2D eigenvalue weighted by Gasteiger charge is -2.35. The fourth-order valence-electron chi connectivity index (χ4n) is 2.52. The molecule has 0 bridgehead atoms. The van der Waals surface area contributed by atoms with Crippen LogP contribution in [0, 0.1) is 0 Å². The summed E-state index contributed by atoms with van der Waals surface area (Å²) in [5, 5.41) is 4.16. The van der Waals surface area contributed by atoms with Crippen LogP contribution >= 0.6 is 0 Å². The maximum atomic E-state index is 12.7. The number of hydrogen-bond acceptors (Lipinski definition) is 4. The highest BCUT2D eigenvalue weighted by molar-refractivity contribution is 6.09. The van der Waals surface area contributed by atoms with Crippen LogP contribution in [-0.4, -0.2) is 35.8 Å². The second-order valence-corrected chi connectivity index (χ2v) is 4.97. The molecule has 2 N–H and O–H groups in total. The Labute approximate surface area is 117 Å². The molecule has 2 aromatic rings. The molecule has 1 amide bonds. The maximum Gasteiger partial charge on any atom is 0.281 e. The molecule has 0 saturated heterocycles. The number of fused-ring (bicyclic) bond motifs is 1. The van der Waals surface area contributed by atoms with E-state index < -0.39 is 0 Å². The third kappa shape index (κ3) is 1.89. The smallest absolute Gasteiger partial charge is 0.281 e. The van der Waals surface area contributed by atoms with Gasteiger partial charge in [0, 0.05) is 33.4 Å². The van der Waals surface area contributed by atoms with Gasteiger partial charge in [-0.2, -0.15) is 5.10 Å². The third-order valence-electron chi connectivity index (χ3n) is 3.55. The van der Waals surface area contributed by atoms with Gasteiger partial charge in [-0.3, -0.25) is 9.48 Å². The number of benzene rings is 1. The van der Waals surface area contributed by atoms with Crippen LogP contribution in [0.5, 0.6) is 0 Å². The average Bonchev–Trinajstić information content (AvgIpc) is 2.78. The van der Waals surface area contributed by atoms with Crippen molar-refractivity contribution in [3.63, 3.8) is 0 Å². The van der Waals surface area contributed by atoms with Gasteiger partial charge in [-0.25, -0.2) is 0 Å². The van der Waals surface area contributed by atoms with Crippen LogP contribution < -0.4 is 15.5 Å². The highest BCUT2D eigenvalue weighted by atomic mass is 16.2. The number of nitrogens with two attached hydrogens (primary N) is 1. The van der Waals surface area contributed by atoms with E-state index in [1.54, 1.807) is 22.8 Å². The summed E-state index contributed by atoms with van der Waals surface area (Å²) >= 11 is 0. The number of nitrogen functional groups attached to an aromatic ring is 1. The fourth-order valence-corrected chi connectivity index (χ4v) is 2.52. The second-order valence-electron chi connectivity index (χ2n) is 4.97. The first-order valence-corrected chi connectivity index (χ1v) is 6.49. The number of amides is 1. The molecule has 6 nitrogen and oxygen atoms in total. The van der Waals surface area contributed by atoms with Gasteiger partial charge >= 0.3 is 0 Å². The van der Waals surface area contributed by atoms with E-state index in [4.69, 9.17) is 5.73 Å². The molecule has 104 valence electrons. The first-order valence-electron chi connectivity index (χ1n) is 6.49. The van der Waals surface area contributed by atoms with Gasteiger partial charge in [-0.05, 0) is 12.1 Å². The van der Waals surface area contributed by atoms with E-state index in [1.165, 1.54) is 0 Å². The van der Waals surface area contributed by atoms with E-state index in [0.29, 0.717) is 17.9 Å². The summed E-state index contributed by atoms with van der Waals surface area (Å²) in [4.78, 5) is 16.5. The SMILES string of the molecule is CN1CCN(C(=O)c2nn(C)cc2N)c2ccccc21. The normalized spacial score (nSPS) is 14.3. The number of anilines is 3. The van der Waals surface area contributed by atoms with Crippen molar-refractivity contribution in [3.05, 3.63) is 36.2 Å². The molecule has 2 heterocycles. The van der Waals surface area contributed by atoms with Crippen LogP contribution in [0.3, 0.4) is 0 Å². The number of nitrogens with zero attached hydrogens (tertiary/aromatic N) is 4. The zero-order valence-electron chi connectivity index (χ0n) is 11.6. The van der Waals surface area contributed by atoms with Crippen LogP contribution in [0.25, 0.3) is 0 Å². The molecule has 1 aliphatic rings. The lowest BCUT2D eigenvalue weighted by molar-refractivity contribution is 0.0982. The minimum atomic E-state index is -0.149. The van der Waals surface area contributed by atoms with Crippen molar-refractivity contribution in [2.75, 3.05) is 35.7 Å². The Balaban J connectivity index is 2.01. The highest BCUT2D eigenvalue weighted by Crippen LogP contribution is 2.32. The molecular weight excluding hydrogens is 254 g/mol. The number of aryl methyl sites for hydroxylation is 1. The molecule has 3 rings (SSSR count). The average molecular weight is 271 g/mol. The first kappa shape index (κ1) is 12.5. The van der Waals surface area contributed by atoms with E-state index in [1.807, 2.05) is 31.3 Å². The molecule has 0 unspecified atom stereocenters. The van der Waals surface area contributed by atoms with Crippen LogP contribution in [0.2, 0.25) is 0 Å². The van der Waals surface area contributed by atoms with Gasteiger partial charge in [0.05, 0.1) is 17.1 Å². The molecule has 0 aliphatic carbocycles. The number of rotatable bonds is 1. The molecule has 1 aromatic carbocycles. The monoisotopic (exact) mass is 271 g/mol. The number of hydrogen-bond donors (Lipinski definition) is 1.